The Morgan fingerprint density at radius 1 is 1.17 bits per heavy atom. The number of carbonyl (C=O) groups excluding carboxylic acids is 1. The molecule has 0 bridgehead atoms. The predicted molar refractivity (Wildman–Crippen MR) is 93.1 cm³/mol. The van der Waals surface area contributed by atoms with Crippen molar-refractivity contribution < 1.29 is 4.79 Å². The van der Waals surface area contributed by atoms with E-state index in [1.807, 2.05) is 24.3 Å². The van der Waals surface area contributed by atoms with Crippen molar-refractivity contribution in [3.63, 3.8) is 0 Å². The Hall–Kier alpha value is -2.89. The first-order valence-electron chi connectivity index (χ1n) is 8.10. The number of pyridine rings is 1. The number of benzene rings is 1. The molecule has 1 aromatic carbocycles. The topological polar surface area (TPSA) is 68.4 Å². The van der Waals surface area contributed by atoms with Gasteiger partial charge in [-0.3, -0.25) is 9.20 Å². The van der Waals surface area contributed by atoms with Crippen LogP contribution >= 0.6 is 0 Å². The number of nitrogens with zero attached hydrogens (tertiary/aromatic N) is 3. The lowest BCUT2D eigenvalue weighted by Crippen LogP contribution is -2.28. The van der Waals surface area contributed by atoms with Gasteiger partial charge in [0.05, 0.1) is 0 Å². The Bertz CT molecular complexity index is 893. The van der Waals surface area contributed by atoms with Gasteiger partial charge in [0.2, 0.25) is 5.91 Å². The number of fused-ring (bicyclic) bond motifs is 1. The van der Waals surface area contributed by atoms with Gasteiger partial charge in [-0.05, 0) is 42.7 Å². The lowest BCUT2D eigenvalue weighted by molar-refractivity contribution is -0.117. The zero-order valence-corrected chi connectivity index (χ0v) is 13.6. The van der Waals surface area contributed by atoms with Crippen LogP contribution in [0, 0.1) is 0 Å². The van der Waals surface area contributed by atoms with Crippen molar-refractivity contribution in [1.29, 1.82) is 0 Å². The molecule has 6 heteroatoms. The van der Waals surface area contributed by atoms with Crippen LogP contribution in [0.3, 0.4) is 0 Å². The van der Waals surface area contributed by atoms with E-state index < -0.39 is 0 Å². The Morgan fingerprint density at radius 3 is 2.67 bits per heavy atom. The maximum atomic E-state index is 12.1. The number of unbranched alkanes of at least 4 members (excludes halogenated alkanes) is 1. The third kappa shape index (κ3) is 3.53. The SMILES string of the molecule is CCCCc1ccc(NC(=O)Cn2nc3ccccn3c2=O)cc1. The standard InChI is InChI=1S/C18H20N4O2/c1-2-3-6-14-8-10-15(11-9-14)19-17(23)13-22-18(24)21-12-5-4-7-16(21)20-22/h4-5,7-12H,2-3,6,13H2,1H3,(H,19,23). The van der Waals surface area contributed by atoms with E-state index >= 15 is 0 Å². The van der Waals surface area contributed by atoms with Gasteiger partial charge in [-0.15, -0.1) is 5.10 Å². The minimum atomic E-state index is -0.323. The lowest BCUT2D eigenvalue weighted by Gasteiger charge is -2.06. The normalized spacial score (nSPS) is 10.9. The molecule has 24 heavy (non-hydrogen) atoms. The van der Waals surface area contributed by atoms with E-state index in [1.54, 1.807) is 24.4 Å². The second-order valence-electron chi connectivity index (χ2n) is 5.72. The number of amides is 1. The van der Waals surface area contributed by atoms with E-state index in [0.717, 1.165) is 24.9 Å². The van der Waals surface area contributed by atoms with E-state index in [1.165, 1.54) is 14.6 Å². The minimum absolute atomic E-state index is 0.113. The number of hydrogen-bond acceptors (Lipinski definition) is 3. The summed E-state index contributed by atoms with van der Waals surface area (Å²) < 4.78 is 2.58. The van der Waals surface area contributed by atoms with Crippen molar-refractivity contribution >= 4 is 17.2 Å². The zero-order valence-electron chi connectivity index (χ0n) is 13.6. The Kier molecular flexibility index (Phi) is 4.74. The number of aryl methyl sites for hydroxylation is 1. The van der Waals surface area contributed by atoms with Crippen LogP contribution in [0.25, 0.3) is 5.65 Å². The molecule has 0 saturated carbocycles. The third-order valence-electron chi connectivity index (χ3n) is 3.84. The second kappa shape index (κ2) is 7.12. The number of rotatable bonds is 6. The summed E-state index contributed by atoms with van der Waals surface area (Å²) in [5.41, 5.74) is 2.18. The summed E-state index contributed by atoms with van der Waals surface area (Å²) in [5, 5.41) is 6.95. The molecule has 0 spiro atoms. The Labute approximate surface area is 139 Å². The van der Waals surface area contributed by atoms with Crippen LogP contribution in [0.15, 0.2) is 53.5 Å². The summed E-state index contributed by atoms with van der Waals surface area (Å²) in [6.07, 6.45) is 4.99. The van der Waals surface area contributed by atoms with Crippen LogP contribution in [0.2, 0.25) is 0 Å². The van der Waals surface area contributed by atoms with Gasteiger partial charge in [0.15, 0.2) is 5.65 Å². The minimum Gasteiger partial charge on any atom is -0.324 e. The molecule has 0 radical (unpaired) electrons. The molecule has 0 aliphatic carbocycles. The third-order valence-corrected chi connectivity index (χ3v) is 3.84. The summed E-state index contributed by atoms with van der Waals surface area (Å²) in [4.78, 5) is 24.3. The molecule has 2 heterocycles. The number of anilines is 1. The largest absolute Gasteiger partial charge is 0.350 e. The predicted octanol–water partition coefficient (Wildman–Crippen LogP) is 2.48. The van der Waals surface area contributed by atoms with Crippen LogP contribution < -0.4 is 11.0 Å². The van der Waals surface area contributed by atoms with Crippen molar-refractivity contribution in [1.82, 2.24) is 14.2 Å². The van der Waals surface area contributed by atoms with Crippen LogP contribution in [0.5, 0.6) is 0 Å². The Morgan fingerprint density at radius 2 is 1.96 bits per heavy atom. The fourth-order valence-corrected chi connectivity index (χ4v) is 2.54. The van der Waals surface area contributed by atoms with Gasteiger partial charge in [0.25, 0.3) is 0 Å². The monoisotopic (exact) mass is 324 g/mol. The van der Waals surface area contributed by atoms with Crippen molar-refractivity contribution in [3.8, 4) is 0 Å². The van der Waals surface area contributed by atoms with Crippen molar-refractivity contribution in [2.75, 3.05) is 5.32 Å². The van der Waals surface area contributed by atoms with E-state index in [4.69, 9.17) is 0 Å². The molecule has 0 fully saturated rings. The molecular formula is C18H20N4O2. The smallest absolute Gasteiger partial charge is 0.324 e. The van der Waals surface area contributed by atoms with Crippen LogP contribution in [0.4, 0.5) is 5.69 Å². The molecule has 6 nitrogen and oxygen atoms in total. The molecule has 0 saturated heterocycles. The van der Waals surface area contributed by atoms with Gasteiger partial charge in [0, 0.05) is 11.9 Å². The highest BCUT2D eigenvalue weighted by Gasteiger charge is 2.10. The number of hydrogen-bond donors (Lipinski definition) is 1. The summed E-state index contributed by atoms with van der Waals surface area (Å²) in [7, 11) is 0. The van der Waals surface area contributed by atoms with Crippen LogP contribution in [-0.2, 0) is 17.8 Å². The molecule has 1 amide bonds. The first-order valence-corrected chi connectivity index (χ1v) is 8.10. The second-order valence-corrected chi connectivity index (χ2v) is 5.72. The molecule has 124 valence electrons. The van der Waals surface area contributed by atoms with Crippen molar-refractivity contribution in [2.24, 2.45) is 0 Å². The summed E-state index contributed by atoms with van der Waals surface area (Å²) in [6.45, 7) is 2.05. The average molecular weight is 324 g/mol. The summed E-state index contributed by atoms with van der Waals surface area (Å²) >= 11 is 0. The van der Waals surface area contributed by atoms with Crippen molar-refractivity contribution in [2.45, 2.75) is 32.7 Å². The molecule has 3 aromatic rings. The van der Waals surface area contributed by atoms with Gasteiger partial charge < -0.3 is 5.32 Å². The molecule has 0 atom stereocenters. The highest BCUT2D eigenvalue weighted by Crippen LogP contribution is 2.11. The first kappa shape index (κ1) is 16.0. The highest BCUT2D eigenvalue weighted by atomic mass is 16.2. The highest BCUT2D eigenvalue weighted by molar-refractivity contribution is 5.90. The summed E-state index contributed by atoms with van der Waals surface area (Å²) in [5.74, 6) is -0.276. The maximum Gasteiger partial charge on any atom is 0.350 e. The molecule has 0 aliphatic rings. The van der Waals surface area contributed by atoms with E-state index in [0.29, 0.717) is 5.65 Å². The molecule has 0 unspecified atom stereocenters. The maximum absolute atomic E-state index is 12.1. The molecule has 1 N–H and O–H groups in total. The number of carbonyl (C=O) groups is 1. The van der Waals surface area contributed by atoms with E-state index in [2.05, 4.69) is 17.3 Å². The van der Waals surface area contributed by atoms with Crippen LogP contribution in [-0.4, -0.2) is 20.1 Å². The summed E-state index contributed by atoms with van der Waals surface area (Å²) in [6, 6.07) is 13.1. The average Bonchev–Trinajstić information content (AvgIpc) is 2.90. The molecular weight excluding hydrogens is 304 g/mol. The Balaban J connectivity index is 1.66. The molecule has 3 rings (SSSR count). The molecule has 2 aromatic heterocycles. The first-order chi connectivity index (χ1) is 11.7. The number of nitrogens with one attached hydrogen (secondary N) is 1. The quantitative estimate of drug-likeness (QED) is 0.757. The van der Waals surface area contributed by atoms with Gasteiger partial charge in [-0.1, -0.05) is 31.5 Å². The van der Waals surface area contributed by atoms with E-state index in [-0.39, 0.29) is 18.1 Å². The van der Waals surface area contributed by atoms with Crippen LogP contribution in [0.1, 0.15) is 25.3 Å². The van der Waals surface area contributed by atoms with Gasteiger partial charge >= 0.3 is 5.69 Å². The van der Waals surface area contributed by atoms with Crippen molar-refractivity contribution in [3.05, 3.63) is 64.7 Å². The van der Waals surface area contributed by atoms with E-state index in [9.17, 15) is 9.59 Å². The van der Waals surface area contributed by atoms with Gasteiger partial charge in [0.1, 0.15) is 6.54 Å². The fourth-order valence-electron chi connectivity index (χ4n) is 2.54. The fraction of sp³-hybridized carbons (Fsp3) is 0.278. The van der Waals surface area contributed by atoms with Gasteiger partial charge in [-0.2, -0.15) is 0 Å². The zero-order chi connectivity index (χ0) is 16.9. The van der Waals surface area contributed by atoms with Gasteiger partial charge in [-0.25, -0.2) is 9.48 Å². The number of aromatic nitrogens is 3. The molecule has 0 aliphatic heterocycles. The lowest BCUT2D eigenvalue weighted by atomic mass is 10.1.